The Morgan fingerprint density at radius 2 is 1.83 bits per heavy atom. The van der Waals surface area contributed by atoms with E-state index in [4.69, 9.17) is 10.7 Å². The lowest BCUT2D eigenvalue weighted by molar-refractivity contribution is -0.100. The van der Waals surface area contributed by atoms with Crippen LogP contribution in [0, 0.1) is 30.1 Å². The zero-order chi connectivity index (χ0) is 24.6. The van der Waals surface area contributed by atoms with Crippen LogP contribution < -0.4 is 27.0 Å². The lowest BCUT2D eigenvalue weighted by atomic mass is 9.45. The van der Waals surface area contributed by atoms with Crippen molar-refractivity contribution in [3.8, 4) is 0 Å². The number of carbonyl (C=O) groups is 1. The van der Waals surface area contributed by atoms with Crippen molar-refractivity contribution in [1.82, 2.24) is 20.3 Å². The smallest absolute Gasteiger partial charge is 0.248 e. The van der Waals surface area contributed by atoms with Gasteiger partial charge in [0.1, 0.15) is 0 Å². The molecule has 3 aliphatic carbocycles. The van der Waals surface area contributed by atoms with E-state index >= 15 is 0 Å². The van der Waals surface area contributed by atoms with Gasteiger partial charge in [0, 0.05) is 23.8 Å². The molecule has 9 nitrogen and oxygen atoms in total. The van der Waals surface area contributed by atoms with E-state index in [-0.39, 0.29) is 0 Å². The van der Waals surface area contributed by atoms with Gasteiger partial charge in [-0.1, -0.05) is 19.9 Å². The number of aryl methyl sites for hydroxylation is 1. The molecule has 1 saturated heterocycles. The Morgan fingerprint density at radius 1 is 1.09 bits per heavy atom. The van der Waals surface area contributed by atoms with Crippen LogP contribution in [0.15, 0.2) is 18.2 Å². The van der Waals surface area contributed by atoms with Gasteiger partial charge in [-0.3, -0.25) is 4.79 Å². The summed E-state index contributed by atoms with van der Waals surface area (Å²) in [6.07, 6.45) is 5.98. The molecule has 3 atom stereocenters. The number of hydrogen-bond donors (Lipinski definition) is 5. The van der Waals surface area contributed by atoms with Gasteiger partial charge in [0.2, 0.25) is 23.8 Å². The van der Waals surface area contributed by atoms with E-state index in [0.29, 0.717) is 40.8 Å². The van der Waals surface area contributed by atoms with Crippen LogP contribution in [0.1, 0.15) is 61.9 Å². The number of hydrogen-bond acceptors (Lipinski definition) is 8. The highest BCUT2D eigenvalue weighted by atomic mass is 16.1. The van der Waals surface area contributed by atoms with Crippen LogP contribution in [-0.4, -0.2) is 46.5 Å². The average molecular weight is 479 g/mol. The molecule has 1 aliphatic heterocycles. The van der Waals surface area contributed by atoms with Crippen LogP contribution >= 0.6 is 0 Å². The molecule has 6 rings (SSSR count). The predicted octanol–water partition coefficient (Wildman–Crippen LogP) is 3.67. The topological polar surface area (TPSA) is 130 Å². The van der Waals surface area contributed by atoms with E-state index in [1.807, 2.05) is 13.0 Å². The minimum atomic E-state index is -0.465. The fourth-order valence-corrected chi connectivity index (χ4v) is 6.18. The number of amides is 1. The van der Waals surface area contributed by atoms with Gasteiger partial charge < -0.3 is 27.0 Å². The third-order valence-corrected chi connectivity index (χ3v) is 8.60. The van der Waals surface area contributed by atoms with Crippen molar-refractivity contribution in [2.75, 3.05) is 35.6 Å². The second-order valence-corrected chi connectivity index (χ2v) is 11.1. The summed E-state index contributed by atoms with van der Waals surface area (Å²) >= 11 is 0. The van der Waals surface area contributed by atoms with E-state index in [9.17, 15) is 4.79 Å². The van der Waals surface area contributed by atoms with Gasteiger partial charge >= 0.3 is 0 Å². The molecule has 2 aromatic rings. The maximum atomic E-state index is 11.7. The molecule has 0 radical (unpaired) electrons. The molecule has 3 saturated carbocycles. The van der Waals surface area contributed by atoms with Crippen LogP contribution in [0.3, 0.4) is 0 Å². The summed E-state index contributed by atoms with van der Waals surface area (Å²) in [4.78, 5) is 25.7. The first kappa shape index (κ1) is 23.8. The Kier molecular flexibility index (Phi) is 6.53. The highest BCUT2D eigenvalue weighted by Crippen LogP contribution is 2.61. The molecule has 1 aromatic carbocycles. The van der Waals surface area contributed by atoms with E-state index in [2.05, 4.69) is 45.1 Å². The normalized spacial score (nSPS) is 25.4. The molecule has 2 bridgehead atoms. The van der Waals surface area contributed by atoms with Crippen molar-refractivity contribution < 1.29 is 4.79 Å². The average Bonchev–Trinajstić information content (AvgIpc) is 2.84. The van der Waals surface area contributed by atoms with Crippen LogP contribution in [0.25, 0.3) is 0 Å². The number of benzene rings is 1. The zero-order valence-corrected chi connectivity index (χ0v) is 21.0. The summed E-state index contributed by atoms with van der Waals surface area (Å²) < 4.78 is 0. The number of piperidine rings is 1. The lowest BCUT2D eigenvalue weighted by Crippen LogP contribution is -2.53. The number of primary amides is 1. The summed E-state index contributed by atoms with van der Waals surface area (Å²) in [5.41, 5.74) is 8.10. The maximum absolute atomic E-state index is 11.7. The SMILES string of the molecule is Cc1ccc(C(N)=O)cc1Nc1nc(NC[C@H]2CC[C@@H]3C[C@H]2C3(C)C)nc(NC2CCNCC2)n1. The maximum Gasteiger partial charge on any atom is 0.248 e. The summed E-state index contributed by atoms with van der Waals surface area (Å²) in [7, 11) is 0. The van der Waals surface area contributed by atoms with Crippen LogP contribution in [0.5, 0.6) is 0 Å². The number of nitrogens with two attached hydrogens (primary N) is 1. The Bertz CT molecular complexity index is 1080. The first-order valence-corrected chi connectivity index (χ1v) is 12.9. The third kappa shape index (κ3) is 5.05. The Balaban J connectivity index is 1.36. The Hall–Kier alpha value is -2.94. The van der Waals surface area contributed by atoms with Crippen LogP contribution in [0.2, 0.25) is 0 Å². The number of aromatic nitrogens is 3. The molecular formula is C26H38N8O. The summed E-state index contributed by atoms with van der Waals surface area (Å²) in [5, 5.41) is 13.7. The molecule has 4 fully saturated rings. The summed E-state index contributed by atoms with van der Waals surface area (Å²) in [6.45, 7) is 9.65. The molecule has 9 heteroatoms. The molecule has 0 unspecified atom stereocenters. The molecule has 6 N–H and O–H groups in total. The van der Waals surface area contributed by atoms with Gasteiger partial charge in [-0.2, -0.15) is 15.0 Å². The van der Waals surface area contributed by atoms with Crippen molar-refractivity contribution in [2.45, 2.75) is 58.9 Å². The molecule has 35 heavy (non-hydrogen) atoms. The van der Waals surface area contributed by atoms with E-state index in [1.165, 1.54) is 19.3 Å². The first-order chi connectivity index (χ1) is 16.8. The highest BCUT2D eigenvalue weighted by Gasteiger charge is 2.53. The first-order valence-electron chi connectivity index (χ1n) is 12.9. The molecule has 1 amide bonds. The standard InChI is InChI=1S/C26H38N8O/c1-15-4-5-16(22(27)35)12-21(15)31-25-33-23(32-24(34-25)30-19-8-10-28-11-9-19)29-14-17-6-7-18-13-20(17)26(18,2)3/h4-5,12,17-20,28H,6-11,13-14H2,1-3H3,(H2,27,35)(H3,29,30,31,32,33,34)/t17-,18-,20-/m1/s1. The van der Waals surface area contributed by atoms with Gasteiger partial charge in [-0.05, 0) is 93.0 Å². The number of anilines is 4. The monoisotopic (exact) mass is 478 g/mol. The predicted molar refractivity (Wildman–Crippen MR) is 139 cm³/mol. The van der Waals surface area contributed by atoms with Crippen molar-refractivity contribution in [3.63, 3.8) is 0 Å². The molecule has 4 aliphatic rings. The minimum absolute atomic E-state index is 0.324. The zero-order valence-electron chi connectivity index (χ0n) is 21.0. The van der Waals surface area contributed by atoms with E-state index in [0.717, 1.165) is 55.6 Å². The highest BCUT2D eigenvalue weighted by molar-refractivity contribution is 5.94. The van der Waals surface area contributed by atoms with Crippen molar-refractivity contribution in [3.05, 3.63) is 29.3 Å². The van der Waals surface area contributed by atoms with Crippen molar-refractivity contribution in [2.24, 2.45) is 28.9 Å². The van der Waals surface area contributed by atoms with Crippen molar-refractivity contribution in [1.29, 1.82) is 0 Å². The second kappa shape index (κ2) is 9.60. The summed E-state index contributed by atoms with van der Waals surface area (Å²) in [6, 6.07) is 5.66. The fourth-order valence-electron chi connectivity index (χ4n) is 6.18. The van der Waals surface area contributed by atoms with Gasteiger partial charge in [0.15, 0.2) is 0 Å². The Labute approximate surface area is 207 Å². The third-order valence-electron chi connectivity index (χ3n) is 8.60. The van der Waals surface area contributed by atoms with Crippen LogP contribution in [-0.2, 0) is 0 Å². The number of fused-ring (bicyclic) bond motifs is 2. The van der Waals surface area contributed by atoms with Crippen molar-refractivity contribution >= 4 is 29.4 Å². The quantitative estimate of drug-likeness (QED) is 0.389. The van der Waals surface area contributed by atoms with E-state index < -0.39 is 5.91 Å². The van der Waals surface area contributed by atoms with Crippen LogP contribution in [0.4, 0.5) is 23.5 Å². The number of rotatable bonds is 8. The second-order valence-electron chi connectivity index (χ2n) is 11.1. The number of nitrogens with one attached hydrogen (secondary N) is 4. The largest absolute Gasteiger partial charge is 0.366 e. The fraction of sp³-hybridized carbons (Fsp3) is 0.615. The van der Waals surface area contributed by atoms with Gasteiger partial charge in [0.05, 0.1) is 0 Å². The lowest BCUT2D eigenvalue weighted by Gasteiger charge is -2.60. The van der Waals surface area contributed by atoms with Gasteiger partial charge in [0.25, 0.3) is 0 Å². The molecular weight excluding hydrogens is 440 g/mol. The Morgan fingerprint density at radius 3 is 2.54 bits per heavy atom. The van der Waals surface area contributed by atoms with Gasteiger partial charge in [-0.15, -0.1) is 0 Å². The molecule has 0 spiro atoms. The van der Waals surface area contributed by atoms with Gasteiger partial charge in [-0.25, -0.2) is 0 Å². The summed E-state index contributed by atoms with van der Waals surface area (Å²) in [5.74, 6) is 3.40. The van der Waals surface area contributed by atoms with E-state index in [1.54, 1.807) is 12.1 Å². The molecule has 188 valence electrons. The molecule has 1 aromatic heterocycles. The number of nitrogens with zero attached hydrogens (tertiary/aromatic N) is 3. The number of carbonyl (C=O) groups excluding carboxylic acids is 1. The molecule has 2 heterocycles. The minimum Gasteiger partial charge on any atom is -0.366 e.